The molecule has 1 amide bonds. The Hall–Kier alpha value is -3.15. The summed E-state index contributed by atoms with van der Waals surface area (Å²) in [7, 11) is 2.01. The Morgan fingerprint density at radius 2 is 1.93 bits per heavy atom. The zero-order chi connectivity index (χ0) is 19.2. The van der Waals surface area contributed by atoms with Gasteiger partial charge in [-0.05, 0) is 25.5 Å². The minimum Gasteiger partial charge on any atom is -0.355 e. The van der Waals surface area contributed by atoms with Gasteiger partial charge in [0, 0.05) is 44.3 Å². The number of imidazole rings is 1. The van der Waals surface area contributed by atoms with Crippen LogP contribution in [0.1, 0.15) is 29.9 Å². The van der Waals surface area contributed by atoms with Crippen LogP contribution in [0.15, 0.2) is 61.1 Å². The average molecular weight is 363 g/mol. The van der Waals surface area contributed by atoms with E-state index in [1.165, 1.54) is 5.56 Å². The molecule has 0 fully saturated rings. The molecule has 140 valence electrons. The monoisotopic (exact) mass is 363 g/mol. The van der Waals surface area contributed by atoms with Gasteiger partial charge < -0.3 is 14.8 Å². The van der Waals surface area contributed by atoms with Crippen molar-refractivity contribution in [2.75, 3.05) is 11.9 Å². The third kappa shape index (κ3) is 4.53. The Balaban J connectivity index is 1.67. The Bertz CT molecular complexity index is 890. The van der Waals surface area contributed by atoms with Crippen molar-refractivity contribution in [3.63, 3.8) is 0 Å². The molecule has 0 bridgehead atoms. The van der Waals surface area contributed by atoms with Gasteiger partial charge in [0.25, 0.3) is 0 Å². The van der Waals surface area contributed by atoms with E-state index in [2.05, 4.69) is 32.3 Å². The lowest BCUT2D eigenvalue weighted by Gasteiger charge is -2.22. The molecule has 0 aliphatic heterocycles. The number of amides is 1. The number of hydrogen-bond donors (Lipinski definition) is 1. The van der Waals surface area contributed by atoms with Gasteiger partial charge in [-0.3, -0.25) is 4.79 Å². The highest BCUT2D eigenvalue weighted by molar-refractivity contribution is 5.80. The van der Waals surface area contributed by atoms with E-state index in [4.69, 9.17) is 0 Å². The number of hydrogen-bond acceptors (Lipinski definition) is 4. The Labute approximate surface area is 159 Å². The van der Waals surface area contributed by atoms with E-state index >= 15 is 0 Å². The summed E-state index contributed by atoms with van der Waals surface area (Å²) in [6.07, 6.45) is 5.30. The second-order valence-corrected chi connectivity index (χ2v) is 6.60. The molecular formula is C21H25N5O. The maximum Gasteiger partial charge on any atom is 0.243 e. The summed E-state index contributed by atoms with van der Waals surface area (Å²) >= 11 is 0. The number of nitrogens with zero attached hydrogens (tertiary/aromatic N) is 4. The third-order valence-corrected chi connectivity index (χ3v) is 4.60. The van der Waals surface area contributed by atoms with Gasteiger partial charge >= 0.3 is 0 Å². The Morgan fingerprint density at radius 3 is 2.63 bits per heavy atom. The quantitative estimate of drug-likeness (QED) is 0.701. The molecule has 0 aliphatic rings. The lowest BCUT2D eigenvalue weighted by Crippen LogP contribution is -2.31. The van der Waals surface area contributed by atoms with E-state index in [1.807, 2.05) is 62.0 Å². The number of aryl methyl sites for hydroxylation is 1. The number of nitrogens with one attached hydrogen (secondary N) is 1. The van der Waals surface area contributed by atoms with E-state index in [0.717, 1.165) is 23.8 Å². The van der Waals surface area contributed by atoms with E-state index in [0.29, 0.717) is 6.54 Å². The van der Waals surface area contributed by atoms with Crippen molar-refractivity contribution in [1.29, 1.82) is 0 Å². The molecule has 2 heterocycles. The molecule has 0 saturated carbocycles. The first-order chi connectivity index (χ1) is 13.1. The highest BCUT2D eigenvalue weighted by Crippen LogP contribution is 2.18. The summed E-state index contributed by atoms with van der Waals surface area (Å²) in [6, 6.07) is 13.8. The molecule has 6 heteroatoms. The van der Waals surface area contributed by atoms with Gasteiger partial charge in [-0.2, -0.15) is 0 Å². The molecule has 1 aromatic carbocycles. The highest BCUT2D eigenvalue weighted by Gasteiger charge is 2.17. The molecule has 1 N–H and O–H groups in total. The van der Waals surface area contributed by atoms with Gasteiger partial charge in [-0.15, -0.1) is 0 Å². The first-order valence-electron chi connectivity index (χ1n) is 9.02. The van der Waals surface area contributed by atoms with E-state index in [-0.39, 0.29) is 11.9 Å². The fraction of sp³-hybridized carbons (Fsp3) is 0.286. The topological polar surface area (TPSA) is 63.1 Å². The number of carbonyl (C=O) groups is 1. The Morgan fingerprint density at radius 1 is 1.15 bits per heavy atom. The molecular weight excluding hydrogens is 338 g/mol. The first-order valence-corrected chi connectivity index (χ1v) is 9.02. The second-order valence-electron chi connectivity index (χ2n) is 6.60. The molecule has 27 heavy (non-hydrogen) atoms. The average Bonchev–Trinajstić information content (AvgIpc) is 3.12. The predicted molar refractivity (Wildman–Crippen MR) is 106 cm³/mol. The molecule has 0 saturated heterocycles. The Kier molecular flexibility index (Phi) is 5.86. The fourth-order valence-corrected chi connectivity index (χ4v) is 3.10. The zero-order valence-corrected chi connectivity index (χ0v) is 16.0. The first kappa shape index (κ1) is 18.6. The van der Waals surface area contributed by atoms with Crippen LogP contribution in [-0.4, -0.2) is 27.5 Å². The molecule has 3 rings (SSSR count). The van der Waals surface area contributed by atoms with Crippen LogP contribution < -0.4 is 10.2 Å². The molecule has 1 unspecified atom stereocenters. The van der Waals surface area contributed by atoms with Crippen molar-refractivity contribution in [3.05, 3.63) is 78.0 Å². The summed E-state index contributed by atoms with van der Waals surface area (Å²) < 4.78 is 1.86. The van der Waals surface area contributed by atoms with Crippen LogP contribution in [-0.2, 0) is 17.9 Å². The van der Waals surface area contributed by atoms with Crippen LogP contribution >= 0.6 is 0 Å². The maximum absolute atomic E-state index is 12.5. The van der Waals surface area contributed by atoms with Gasteiger partial charge in [0.15, 0.2) is 0 Å². The number of pyridine rings is 1. The van der Waals surface area contributed by atoms with Crippen LogP contribution in [0.5, 0.6) is 0 Å². The van der Waals surface area contributed by atoms with Gasteiger partial charge in [0.2, 0.25) is 5.91 Å². The van der Waals surface area contributed by atoms with Crippen molar-refractivity contribution < 1.29 is 4.79 Å². The summed E-state index contributed by atoms with van der Waals surface area (Å²) in [5.41, 5.74) is 2.20. The van der Waals surface area contributed by atoms with Crippen molar-refractivity contribution in [3.8, 4) is 0 Å². The SMILES string of the molecule is Cc1nccn1C(C)C(=O)NCc1cccnc1N(C)Cc1ccccc1. The minimum atomic E-state index is -0.310. The van der Waals surface area contributed by atoms with Gasteiger partial charge in [0.1, 0.15) is 17.7 Å². The van der Waals surface area contributed by atoms with Crippen molar-refractivity contribution >= 4 is 11.7 Å². The van der Waals surface area contributed by atoms with Crippen molar-refractivity contribution in [2.45, 2.75) is 33.0 Å². The minimum absolute atomic E-state index is 0.0448. The largest absolute Gasteiger partial charge is 0.355 e. The highest BCUT2D eigenvalue weighted by atomic mass is 16.2. The third-order valence-electron chi connectivity index (χ3n) is 4.60. The van der Waals surface area contributed by atoms with E-state index < -0.39 is 0 Å². The number of aromatic nitrogens is 3. The molecule has 0 spiro atoms. The predicted octanol–water partition coefficient (Wildman–Crippen LogP) is 3.10. The lowest BCUT2D eigenvalue weighted by molar-refractivity contribution is -0.124. The van der Waals surface area contributed by atoms with Crippen molar-refractivity contribution in [1.82, 2.24) is 19.9 Å². The molecule has 0 radical (unpaired) electrons. The van der Waals surface area contributed by atoms with Crippen LogP contribution in [0.3, 0.4) is 0 Å². The standard InChI is InChI=1S/C21H25N5O/c1-16(26-13-12-22-17(26)2)21(27)24-14-19-10-7-11-23-20(19)25(3)15-18-8-5-4-6-9-18/h4-13,16H,14-15H2,1-3H3,(H,24,27). The summed E-state index contributed by atoms with van der Waals surface area (Å²) in [4.78, 5) is 23.3. The number of anilines is 1. The van der Waals surface area contributed by atoms with Crippen molar-refractivity contribution in [2.24, 2.45) is 0 Å². The molecule has 1 atom stereocenters. The fourth-order valence-electron chi connectivity index (χ4n) is 3.10. The second kappa shape index (κ2) is 8.49. The normalized spacial score (nSPS) is 11.8. The zero-order valence-electron chi connectivity index (χ0n) is 16.0. The number of carbonyl (C=O) groups excluding carboxylic acids is 1. The maximum atomic E-state index is 12.5. The van der Waals surface area contributed by atoms with Crippen LogP contribution in [0.4, 0.5) is 5.82 Å². The van der Waals surface area contributed by atoms with Gasteiger partial charge in [-0.25, -0.2) is 9.97 Å². The smallest absolute Gasteiger partial charge is 0.243 e. The molecule has 2 aromatic heterocycles. The summed E-state index contributed by atoms with van der Waals surface area (Å²) in [5, 5.41) is 3.02. The molecule has 0 aliphatic carbocycles. The van der Waals surface area contributed by atoms with E-state index in [9.17, 15) is 4.79 Å². The lowest BCUT2D eigenvalue weighted by atomic mass is 10.2. The van der Waals surface area contributed by atoms with Crippen LogP contribution in [0.25, 0.3) is 0 Å². The van der Waals surface area contributed by atoms with Gasteiger partial charge in [-0.1, -0.05) is 36.4 Å². The number of benzene rings is 1. The van der Waals surface area contributed by atoms with E-state index in [1.54, 1.807) is 12.4 Å². The van der Waals surface area contributed by atoms with Crippen LogP contribution in [0, 0.1) is 6.92 Å². The summed E-state index contributed by atoms with van der Waals surface area (Å²) in [6.45, 7) is 4.94. The molecule has 3 aromatic rings. The molecule has 6 nitrogen and oxygen atoms in total. The van der Waals surface area contributed by atoms with Crippen LogP contribution in [0.2, 0.25) is 0 Å². The summed E-state index contributed by atoms with van der Waals surface area (Å²) in [5.74, 6) is 1.65. The van der Waals surface area contributed by atoms with Gasteiger partial charge in [0.05, 0.1) is 0 Å². The number of rotatable bonds is 7.